The largest absolute Gasteiger partial charge is 0.320 e. The maximum Gasteiger partial charge on any atom is 0.284 e. The van der Waals surface area contributed by atoms with Crippen molar-refractivity contribution in [3.63, 3.8) is 0 Å². The maximum atomic E-state index is 12.2. The van der Waals surface area contributed by atoms with Crippen molar-refractivity contribution < 1.29 is 13.2 Å². The first-order chi connectivity index (χ1) is 11.4. The minimum Gasteiger partial charge on any atom is -0.320 e. The number of aromatic nitrogens is 2. The molecule has 24 heavy (non-hydrogen) atoms. The molecule has 122 valence electrons. The molecule has 9 heteroatoms. The molecule has 0 bridgehead atoms. The minimum atomic E-state index is -3.76. The molecule has 1 amide bonds. The van der Waals surface area contributed by atoms with Crippen molar-refractivity contribution in [1.29, 1.82) is 0 Å². The molecule has 0 fully saturated rings. The molecule has 0 saturated carbocycles. The van der Waals surface area contributed by atoms with Crippen LogP contribution < -0.4 is 10.5 Å². The van der Waals surface area contributed by atoms with Gasteiger partial charge in [-0.2, -0.15) is 0 Å². The number of benzene rings is 1. The Bertz CT molecular complexity index is 967. The molecule has 0 aliphatic rings. The number of sulfonamides is 1. The fraction of sp³-hybridized carbons (Fsp3) is 0. The van der Waals surface area contributed by atoms with Crippen LogP contribution in [0.5, 0.6) is 0 Å². The van der Waals surface area contributed by atoms with E-state index in [0.717, 1.165) is 5.56 Å². The number of hydrogen-bond acceptors (Lipinski definition) is 6. The molecule has 0 spiro atoms. The predicted octanol–water partition coefficient (Wildman–Crippen LogP) is 2.10. The molecule has 1 aromatic carbocycles. The van der Waals surface area contributed by atoms with Gasteiger partial charge >= 0.3 is 0 Å². The van der Waals surface area contributed by atoms with E-state index in [1.165, 1.54) is 35.6 Å². The van der Waals surface area contributed by atoms with Crippen LogP contribution in [0.2, 0.25) is 0 Å². The summed E-state index contributed by atoms with van der Waals surface area (Å²) >= 11 is 1.21. The van der Waals surface area contributed by atoms with Gasteiger partial charge in [0.25, 0.3) is 5.91 Å². The van der Waals surface area contributed by atoms with E-state index >= 15 is 0 Å². The molecular formula is C15H12N4O3S2. The van der Waals surface area contributed by atoms with Crippen molar-refractivity contribution in [3.8, 4) is 11.3 Å². The molecule has 0 radical (unpaired) electrons. The highest BCUT2D eigenvalue weighted by molar-refractivity contribution is 7.89. The van der Waals surface area contributed by atoms with Gasteiger partial charge in [0.2, 0.25) is 10.0 Å². The second-order valence-corrected chi connectivity index (χ2v) is 7.22. The van der Waals surface area contributed by atoms with Crippen molar-refractivity contribution >= 4 is 33.0 Å². The summed E-state index contributed by atoms with van der Waals surface area (Å²) in [5.41, 5.74) is 1.94. The van der Waals surface area contributed by atoms with Crippen LogP contribution in [-0.2, 0) is 10.0 Å². The van der Waals surface area contributed by atoms with Gasteiger partial charge in [-0.05, 0) is 36.4 Å². The van der Waals surface area contributed by atoms with Gasteiger partial charge in [-0.3, -0.25) is 9.78 Å². The Labute approximate surface area is 142 Å². The number of rotatable bonds is 4. The number of amides is 1. The highest BCUT2D eigenvalue weighted by Crippen LogP contribution is 2.22. The van der Waals surface area contributed by atoms with Crippen LogP contribution in [0.1, 0.15) is 9.80 Å². The number of nitrogens with two attached hydrogens (primary N) is 1. The average Bonchev–Trinajstić information content (AvgIpc) is 3.05. The van der Waals surface area contributed by atoms with Crippen LogP contribution >= 0.6 is 11.3 Å². The van der Waals surface area contributed by atoms with E-state index in [0.29, 0.717) is 16.4 Å². The lowest BCUT2D eigenvalue weighted by Crippen LogP contribution is -2.13. The highest BCUT2D eigenvalue weighted by Gasteiger charge is 2.13. The zero-order valence-electron chi connectivity index (χ0n) is 12.2. The molecule has 3 rings (SSSR count). The van der Waals surface area contributed by atoms with Gasteiger partial charge in [-0.15, -0.1) is 11.3 Å². The quantitative estimate of drug-likeness (QED) is 0.739. The zero-order valence-corrected chi connectivity index (χ0v) is 13.8. The van der Waals surface area contributed by atoms with Crippen LogP contribution in [0.25, 0.3) is 11.3 Å². The Hall–Kier alpha value is -2.62. The average molecular weight is 360 g/mol. The Morgan fingerprint density at radius 2 is 1.92 bits per heavy atom. The van der Waals surface area contributed by atoms with Crippen LogP contribution in [-0.4, -0.2) is 24.3 Å². The molecule has 0 atom stereocenters. The van der Waals surface area contributed by atoms with Crippen LogP contribution in [0.3, 0.4) is 0 Å². The number of carbonyl (C=O) groups is 1. The maximum absolute atomic E-state index is 12.2. The van der Waals surface area contributed by atoms with Gasteiger partial charge in [0.15, 0.2) is 5.01 Å². The molecule has 0 aliphatic heterocycles. The first-order valence-corrected chi connectivity index (χ1v) is 9.16. The molecule has 7 nitrogen and oxygen atoms in total. The second-order valence-electron chi connectivity index (χ2n) is 4.80. The molecule has 3 N–H and O–H groups in total. The molecule has 0 unspecified atom stereocenters. The van der Waals surface area contributed by atoms with Gasteiger partial charge in [-0.25, -0.2) is 18.5 Å². The van der Waals surface area contributed by atoms with E-state index in [-0.39, 0.29) is 10.8 Å². The lowest BCUT2D eigenvalue weighted by Gasteiger charge is -2.04. The smallest absolute Gasteiger partial charge is 0.284 e. The number of nitrogens with zero attached hydrogens (tertiary/aromatic N) is 2. The molecule has 0 aliphatic carbocycles. The van der Waals surface area contributed by atoms with Gasteiger partial charge in [0, 0.05) is 29.0 Å². The number of hydrogen-bond donors (Lipinski definition) is 2. The first kappa shape index (κ1) is 16.2. The SMILES string of the molecule is NS(=O)(=O)c1ccc(NC(=O)c2nc(-c3cccnc3)cs2)cc1. The van der Waals surface area contributed by atoms with Gasteiger partial charge in [-0.1, -0.05) is 0 Å². The fourth-order valence-corrected chi connectivity index (χ4v) is 3.17. The number of thiazole rings is 1. The monoisotopic (exact) mass is 360 g/mol. The number of primary sulfonamides is 1. The van der Waals surface area contributed by atoms with Gasteiger partial charge < -0.3 is 5.32 Å². The van der Waals surface area contributed by atoms with Gasteiger partial charge in [0.05, 0.1) is 10.6 Å². The van der Waals surface area contributed by atoms with Crippen molar-refractivity contribution in [2.24, 2.45) is 5.14 Å². The normalized spacial score (nSPS) is 11.2. The summed E-state index contributed by atoms with van der Waals surface area (Å²) in [5, 5.41) is 9.76. The fourth-order valence-electron chi connectivity index (χ4n) is 1.94. The van der Waals surface area contributed by atoms with E-state index in [1.54, 1.807) is 23.8 Å². The second kappa shape index (κ2) is 6.48. The summed E-state index contributed by atoms with van der Waals surface area (Å²) < 4.78 is 22.4. The number of carbonyl (C=O) groups excluding carboxylic acids is 1. The predicted molar refractivity (Wildman–Crippen MR) is 91.1 cm³/mol. The topological polar surface area (TPSA) is 115 Å². The summed E-state index contributed by atoms with van der Waals surface area (Å²) in [4.78, 5) is 20.5. The van der Waals surface area contributed by atoms with Crippen molar-refractivity contribution in [2.45, 2.75) is 4.90 Å². The highest BCUT2D eigenvalue weighted by atomic mass is 32.2. The Morgan fingerprint density at radius 1 is 1.17 bits per heavy atom. The third kappa shape index (κ3) is 3.65. The van der Waals surface area contributed by atoms with E-state index in [2.05, 4.69) is 15.3 Å². The van der Waals surface area contributed by atoms with Gasteiger partial charge in [0.1, 0.15) is 0 Å². The van der Waals surface area contributed by atoms with E-state index in [1.807, 2.05) is 6.07 Å². The number of nitrogens with one attached hydrogen (secondary N) is 1. The van der Waals surface area contributed by atoms with Crippen LogP contribution in [0.15, 0.2) is 59.1 Å². The van der Waals surface area contributed by atoms with Crippen LogP contribution in [0, 0.1) is 0 Å². The molecule has 0 saturated heterocycles. The van der Waals surface area contributed by atoms with Crippen molar-refractivity contribution in [1.82, 2.24) is 9.97 Å². The standard InChI is InChI=1S/C15H12N4O3S2/c16-24(21,22)12-5-3-11(4-6-12)18-14(20)15-19-13(9-23-15)10-2-1-7-17-8-10/h1-9H,(H,18,20)(H2,16,21,22). The summed E-state index contributed by atoms with van der Waals surface area (Å²) in [6.45, 7) is 0. The van der Waals surface area contributed by atoms with E-state index in [9.17, 15) is 13.2 Å². The summed E-state index contributed by atoms with van der Waals surface area (Å²) in [5.74, 6) is -0.376. The Balaban J connectivity index is 1.75. The minimum absolute atomic E-state index is 0.0198. The molecular weight excluding hydrogens is 348 g/mol. The molecule has 2 heterocycles. The van der Waals surface area contributed by atoms with Crippen molar-refractivity contribution in [3.05, 3.63) is 59.2 Å². The first-order valence-electron chi connectivity index (χ1n) is 6.73. The third-order valence-corrected chi connectivity index (χ3v) is 4.87. The van der Waals surface area contributed by atoms with Crippen molar-refractivity contribution in [2.75, 3.05) is 5.32 Å². The van der Waals surface area contributed by atoms with E-state index in [4.69, 9.17) is 5.14 Å². The van der Waals surface area contributed by atoms with E-state index < -0.39 is 10.0 Å². The third-order valence-electron chi connectivity index (χ3n) is 3.10. The summed E-state index contributed by atoms with van der Waals surface area (Å²) in [6, 6.07) is 9.24. The summed E-state index contributed by atoms with van der Waals surface area (Å²) in [7, 11) is -3.76. The Kier molecular flexibility index (Phi) is 4.38. The molecule has 2 aromatic heterocycles. The number of pyridine rings is 1. The Morgan fingerprint density at radius 3 is 2.54 bits per heavy atom. The van der Waals surface area contributed by atoms with Crippen LogP contribution in [0.4, 0.5) is 5.69 Å². The lowest BCUT2D eigenvalue weighted by atomic mass is 10.2. The molecule has 3 aromatic rings. The summed E-state index contributed by atoms with van der Waals surface area (Å²) in [6.07, 6.45) is 3.33. The lowest BCUT2D eigenvalue weighted by molar-refractivity contribution is 0.102. The zero-order chi connectivity index (χ0) is 17.2. The number of anilines is 1.